The van der Waals surface area contributed by atoms with Crippen LogP contribution in [0.15, 0.2) is 70.1 Å². The number of amides is 1. The van der Waals surface area contributed by atoms with Crippen molar-refractivity contribution in [1.82, 2.24) is 14.7 Å². The van der Waals surface area contributed by atoms with Gasteiger partial charge in [0, 0.05) is 36.2 Å². The number of carbonyl (C=O) groups excluding carboxylic acids is 1. The van der Waals surface area contributed by atoms with Gasteiger partial charge < -0.3 is 10.2 Å². The first-order valence-corrected chi connectivity index (χ1v) is 12.0. The molecule has 1 saturated heterocycles. The van der Waals surface area contributed by atoms with Gasteiger partial charge in [0.2, 0.25) is 5.91 Å². The van der Waals surface area contributed by atoms with Gasteiger partial charge in [-0.2, -0.15) is 13.5 Å². The number of nitrogens with one attached hydrogen (secondary N) is 1. The molecule has 0 radical (unpaired) electrons. The second-order valence-electron chi connectivity index (χ2n) is 8.10. The number of hydrogen-bond acceptors (Lipinski definition) is 5. The average Bonchev–Trinajstić information content (AvgIpc) is 3.35. The highest BCUT2D eigenvalue weighted by Gasteiger charge is 2.35. The van der Waals surface area contributed by atoms with Gasteiger partial charge in [-0.05, 0) is 56.2 Å². The van der Waals surface area contributed by atoms with Crippen LogP contribution in [0.4, 0.5) is 5.69 Å². The van der Waals surface area contributed by atoms with Crippen LogP contribution in [0.3, 0.4) is 0 Å². The van der Waals surface area contributed by atoms with Gasteiger partial charge >= 0.3 is 0 Å². The number of carbonyl (C=O) groups is 1. The Morgan fingerprint density at radius 1 is 1.12 bits per heavy atom. The van der Waals surface area contributed by atoms with Crippen LogP contribution in [-0.4, -0.2) is 47.9 Å². The van der Waals surface area contributed by atoms with Crippen LogP contribution in [0.5, 0.6) is 0 Å². The second-order valence-corrected chi connectivity index (χ2v) is 9.67. The molecular formula is C23H23N5O3S. The number of benzene rings is 2. The maximum atomic E-state index is 13.0. The second kappa shape index (κ2) is 7.90. The maximum Gasteiger partial charge on any atom is 0.285 e. The van der Waals surface area contributed by atoms with E-state index in [9.17, 15) is 13.2 Å². The first kappa shape index (κ1) is 20.4. The van der Waals surface area contributed by atoms with Gasteiger partial charge in [0.15, 0.2) is 5.84 Å². The number of piperidine rings is 1. The van der Waals surface area contributed by atoms with E-state index in [1.165, 1.54) is 0 Å². The fraction of sp³-hybridized carbons (Fsp3) is 0.261. The van der Waals surface area contributed by atoms with Gasteiger partial charge in [0.25, 0.3) is 10.0 Å². The third kappa shape index (κ3) is 3.69. The van der Waals surface area contributed by atoms with E-state index in [4.69, 9.17) is 0 Å². The number of amidine groups is 1. The molecule has 8 nitrogen and oxygen atoms in total. The van der Waals surface area contributed by atoms with Crippen molar-refractivity contribution in [2.45, 2.75) is 24.7 Å². The van der Waals surface area contributed by atoms with E-state index in [2.05, 4.69) is 14.8 Å². The third-order valence-corrected chi connectivity index (χ3v) is 7.22. The zero-order chi connectivity index (χ0) is 22.3. The summed E-state index contributed by atoms with van der Waals surface area (Å²) < 4.78 is 30.7. The molecule has 0 aliphatic carbocycles. The van der Waals surface area contributed by atoms with Crippen molar-refractivity contribution in [2.75, 3.05) is 18.4 Å². The van der Waals surface area contributed by atoms with E-state index < -0.39 is 10.0 Å². The lowest BCUT2D eigenvalue weighted by molar-refractivity contribution is -0.121. The van der Waals surface area contributed by atoms with Crippen molar-refractivity contribution in [1.29, 1.82) is 0 Å². The molecule has 2 aromatic carbocycles. The van der Waals surface area contributed by atoms with Crippen LogP contribution in [0, 0.1) is 12.8 Å². The fourth-order valence-electron chi connectivity index (χ4n) is 4.30. The number of nitrogens with zero attached hydrogens (tertiary/aromatic N) is 4. The van der Waals surface area contributed by atoms with E-state index in [-0.39, 0.29) is 16.7 Å². The molecule has 32 heavy (non-hydrogen) atoms. The molecule has 164 valence electrons. The molecular weight excluding hydrogens is 426 g/mol. The zero-order valence-electron chi connectivity index (χ0n) is 17.6. The van der Waals surface area contributed by atoms with Gasteiger partial charge in [0.1, 0.15) is 4.90 Å². The number of aryl methyl sites for hydroxylation is 1. The lowest BCUT2D eigenvalue weighted by Crippen LogP contribution is -2.43. The number of sulfonamides is 1. The van der Waals surface area contributed by atoms with E-state index in [1.807, 2.05) is 46.8 Å². The Hall–Kier alpha value is -3.46. The molecule has 9 heteroatoms. The summed E-state index contributed by atoms with van der Waals surface area (Å²) in [6, 6.07) is 16.3. The summed E-state index contributed by atoms with van der Waals surface area (Å²) in [5.74, 6) is 0.0880. The topological polar surface area (TPSA) is 96.7 Å². The Bertz CT molecular complexity index is 1330. The van der Waals surface area contributed by atoms with E-state index in [1.54, 1.807) is 30.5 Å². The van der Waals surface area contributed by atoms with Crippen molar-refractivity contribution in [3.05, 3.63) is 72.1 Å². The average molecular weight is 450 g/mol. The number of anilines is 1. The summed E-state index contributed by atoms with van der Waals surface area (Å²) in [5, 5.41) is 7.33. The highest BCUT2D eigenvalue weighted by Crippen LogP contribution is 2.30. The summed E-state index contributed by atoms with van der Waals surface area (Å²) in [6.07, 6.45) is 3.26. The van der Waals surface area contributed by atoms with E-state index >= 15 is 0 Å². The van der Waals surface area contributed by atoms with Crippen LogP contribution >= 0.6 is 0 Å². The van der Waals surface area contributed by atoms with E-state index in [0.29, 0.717) is 30.2 Å². The molecule has 2 aliphatic heterocycles. The minimum Gasteiger partial charge on any atom is -0.355 e. The minimum absolute atomic E-state index is 0.0845. The SMILES string of the molecule is Cc1ccnn1-c1cccc(NC(=O)C2CCCN(C3=NS(=O)(=O)c4ccccc43)C2)c1. The Balaban J connectivity index is 1.33. The fourth-order valence-corrected chi connectivity index (χ4v) is 5.53. The predicted molar refractivity (Wildman–Crippen MR) is 121 cm³/mol. The molecule has 3 aromatic rings. The lowest BCUT2D eigenvalue weighted by Gasteiger charge is -2.33. The van der Waals surface area contributed by atoms with Crippen LogP contribution in [0.1, 0.15) is 24.1 Å². The van der Waals surface area contributed by atoms with Crippen LogP contribution in [0.25, 0.3) is 5.69 Å². The number of aromatic nitrogens is 2. The van der Waals surface area contributed by atoms with Crippen LogP contribution in [-0.2, 0) is 14.8 Å². The lowest BCUT2D eigenvalue weighted by atomic mass is 9.96. The normalized spacial score (nSPS) is 19.3. The summed E-state index contributed by atoms with van der Waals surface area (Å²) in [7, 11) is -3.68. The molecule has 1 fully saturated rings. The van der Waals surface area contributed by atoms with Crippen molar-refractivity contribution in [3.8, 4) is 5.69 Å². The molecule has 1 N–H and O–H groups in total. The standard InChI is InChI=1S/C23H23N5O3S/c1-16-11-12-24-28(16)19-8-4-7-18(14-19)25-23(29)17-6-5-13-27(15-17)22-20-9-2-3-10-21(20)32(30,31)26-22/h2-4,7-12,14,17H,5-6,13,15H2,1H3,(H,25,29). The highest BCUT2D eigenvalue weighted by molar-refractivity contribution is 7.90. The summed E-state index contributed by atoms with van der Waals surface area (Å²) in [4.78, 5) is 15.2. The van der Waals surface area contributed by atoms with Gasteiger partial charge in [-0.25, -0.2) is 4.68 Å². The number of rotatable bonds is 3. The predicted octanol–water partition coefficient (Wildman–Crippen LogP) is 2.98. The van der Waals surface area contributed by atoms with Gasteiger partial charge in [0.05, 0.1) is 11.6 Å². The minimum atomic E-state index is -3.68. The molecule has 3 heterocycles. The van der Waals surface area contributed by atoms with E-state index in [0.717, 1.165) is 24.2 Å². The van der Waals surface area contributed by atoms with Crippen LogP contribution in [0.2, 0.25) is 0 Å². The zero-order valence-corrected chi connectivity index (χ0v) is 18.4. The first-order chi connectivity index (χ1) is 15.4. The van der Waals surface area contributed by atoms with Crippen molar-refractivity contribution >= 4 is 27.5 Å². The Kier molecular flexibility index (Phi) is 5.05. The first-order valence-electron chi connectivity index (χ1n) is 10.5. The van der Waals surface area contributed by atoms with Gasteiger partial charge in [-0.15, -0.1) is 4.40 Å². The number of fused-ring (bicyclic) bond motifs is 1. The maximum absolute atomic E-state index is 13.0. The molecule has 1 unspecified atom stereocenters. The quantitative estimate of drug-likeness (QED) is 0.663. The largest absolute Gasteiger partial charge is 0.355 e. The number of likely N-dealkylation sites (tertiary alicyclic amines) is 1. The molecule has 1 aromatic heterocycles. The molecule has 1 atom stereocenters. The Morgan fingerprint density at radius 3 is 2.78 bits per heavy atom. The summed E-state index contributed by atoms with van der Waals surface area (Å²) in [6.45, 7) is 3.06. The molecule has 2 aliphatic rings. The third-order valence-electron chi connectivity index (χ3n) is 5.89. The Morgan fingerprint density at radius 2 is 1.97 bits per heavy atom. The molecule has 5 rings (SSSR count). The molecule has 0 bridgehead atoms. The smallest absolute Gasteiger partial charge is 0.285 e. The molecule has 1 amide bonds. The Labute approximate surface area is 186 Å². The summed E-state index contributed by atoms with van der Waals surface area (Å²) in [5.41, 5.74) is 3.18. The monoisotopic (exact) mass is 449 g/mol. The summed E-state index contributed by atoms with van der Waals surface area (Å²) >= 11 is 0. The van der Waals surface area contributed by atoms with Crippen molar-refractivity contribution in [2.24, 2.45) is 10.3 Å². The van der Waals surface area contributed by atoms with Gasteiger partial charge in [-0.1, -0.05) is 18.2 Å². The van der Waals surface area contributed by atoms with Crippen molar-refractivity contribution in [3.63, 3.8) is 0 Å². The van der Waals surface area contributed by atoms with Crippen molar-refractivity contribution < 1.29 is 13.2 Å². The molecule has 0 spiro atoms. The van der Waals surface area contributed by atoms with Crippen LogP contribution < -0.4 is 5.32 Å². The number of hydrogen-bond donors (Lipinski definition) is 1. The van der Waals surface area contributed by atoms with Gasteiger partial charge in [-0.3, -0.25) is 4.79 Å². The molecule has 0 saturated carbocycles. The highest BCUT2D eigenvalue weighted by atomic mass is 32.2.